The molecular weight excluding hydrogens is 480 g/mol. The molecular formula is C27H32N2O8. The molecule has 4 N–H and O–H groups in total. The lowest BCUT2D eigenvalue weighted by atomic mass is 9.77. The number of nitrogens with zero attached hydrogens (tertiary/aromatic N) is 1. The van der Waals surface area contributed by atoms with Gasteiger partial charge in [0.05, 0.1) is 32.3 Å². The second-order valence-corrected chi connectivity index (χ2v) is 8.96. The van der Waals surface area contributed by atoms with Crippen LogP contribution in [0.4, 0.5) is 0 Å². The third-order valence-corrected chi connectivity index (χ3v) is 6.64. The number of amides is 2. The van der Waals surface area contributed by atoms with Gasteiger partial charge in [-0.25, -0.2) is 0 Å². The van der Waals surface area contributed by atoms with Gasteiger partial charge in [0.2, 0.25) is 11.8 Å². The molecule has 2 aliphatic rings. The van der Waals surface area contributed by atoms with Crippen LogP contribution in [0.5, 0.6) is 11.5 Å². The predicted octanol–water partition coefficient (Wildman–Crippen LogP) is 0.485. The fourth-order valence-corrected chi connectivity index (χ4v) is 4.97. The van der Waals surface area contributed by atoms with Gasteiger partial charge in [-0.15, -0.1) is 0 Å². The zero-order valence-electron chi connectivity index (χ0n) is 20.8. The van der Waals surface area contributed by atoms with Crippen LogP contribution < -0.4 is 14.8 Å². The van der Waals surface area contributed by atoms with Gasteiger partial charge in [0.25, 0.3) is 0 Å². The zero-order valence-corrected chi connectivity index (χ0v) is 20.8. The fourth-order valence-electron chi connectivity index (χ4n) is 4.97. The molecule has 0 radical (unpaired) electrons. The minimum absolute atomic E-state index is 0.0326. The molecule has 198 valence electrons. The van der Waals surface area contributed by atoms with E-state index in [0.717, 1.165) is 5.56 Å². The van der Waals surface area contributed by atoms with Gasteiger partial charge in [0.1, 0.15) is 18.8 Å². The zero-order chi connectivity index (χ0) is 26.5. The maximum absolute atomic E-state index is 13.3. The number of carbonyl (C=O) groups is 2. The molecule has 0 spiro atoms. The lowest BCUT2D eigenvalue weighted by Gasteiger charge is -2.40. The van der Waals surface area contributed by atoms with E-state index in [4.69, 9.17) is 14.2 Å². The van der Waals surface area contributed by atoms with Crippen molar-refractivity contribution in [3.05, 3.63) is 70.8 Å². The van der Waals surface area contributed by atoms with Crippen molar-refractivity contribution in [2.45, 2.75) is 37.3 Å². The lowest BCUT2D eigenvalue weighted by Crippen LogP contribution is -2.56. The number of nitrogens with one attached hydrogen (secondary N) is 1. The molecule has 4 atom stereocenters. The summed E-state index contributed by atoms with van der Waals surface area (Å²) in [7, 11) is 2.88. The van der Waals surface area contributed by atoms with Crippen molar-refractivity contribution < 1.29 is 39.1 Å². The van der Waals surface area contributed by atoms with E-state index >= 15 is 0 Å². The summed E-state index contributed by atoms with van der Waals surface area (Å²) >= 11 is 0. The number of hydrogen-bond acceptors (Lipinski definition) is 8. The summed E-state index contributed by atoms with van der Waals surface area (Å²) in [5, 5.41) is 33.3. The van der Waals surface area contributed by atoms with Gasteiger partial charge < -0.3 is 39.7 Å². The topological polar surface area (TPSA) is 138 Å². The standard InChI is InChI=1S/C27H32N2O8/c1-35-15-22(32)29(13-16-6-4-3-5-7-16)20-12-19(27(34)28-8-9-30)23-18-10-17(14-31)11-21(36-2)25(18)37-26(23)24(20)33/h3-7,10-12,20,23-24,26,30-31,33H,8-9,13-15H2,1-2H3,(H,28,34). The summed E-state index contributed by atoms with van der Waals surface area (Å²) in [6, 6.07) is 11.8. The molecule has 1 aliphatic heterocycles. The van der Waals surface area contributed by atoms with E-state index in [1.165, 1.54) is 19.1 Å². The van der Waals surface area contributed by atoms with Crippen LogP contribution in [-0.2, 0) is 27.5 Å². The Labute approximate surface area is 215 Å². The summed E-state index contributed by atoms with van der Waals surface area (Å²) < 4.78 is 16.8. The molecule has 37 heavy (non-hydrogen) atoms. The molecule has 0 saturated heterocycles. The summed E-state index contributed by atoms with van der Waals surface area (Å²) in [5.74, 6) is -0.767. The number of benzene rings is 2. The van der Waals surface area contributed by atoms with Crippen molar-refractivity contribution in [3.8, 4) is 11.5 Å². The van der Waals surface area contributed by atoms with Crippen LogP contribution in [0.1, 0.15) is 22.6 Å². The third kappa shape index (κ3) is 5.33. The second kappa shape index (κ2) is 11.7. The van der Waals surface area contributed by atoms with E-state index in [2.05, 4.69) is 5.32 Å². The van der Waals surface area contributed by atoms with Crippen LogP contribution in [0, 0.1) is 0 Å². The first-order valence-electron chi connectivity index (χ1n) is 12.0. The minimum atomic E-state index is -1.20. The Morgan fingerprint density at radius 3 is 2.51 bits per heavy atom. The summed E-state index contributed by atoms with van der Waals surface area (Å²) in [6.45, 7) is -0.502. The van der Waals surface area contributed by atoms with Gasteiger partial charge in [-0.05, 0) is 29.3 Å². The van der Waals surface area contributed by atoms with Crippen molar-refractivity contribution in [1.82, 2.24) is 10.2 Å². The molecule has 10 nitrogen and oxygen atoms in total. The number of ether oxygens (including phenoxy) is 3. The summed E-state index contributed by atoms with van der Waals surface area (Å²) in [5.41, 5.74) is 2.28. The number of methoxy groups -OCH3 is 2. The van der Waals surface area contributed by atoms with Crippen LogP contribution in [0.25, 0.3) is 0 Å². The lowest BCUT2D eigenvalue weighted by molar-refractivity contribution is -0.141. The highest BCUT2D eigenvalue weighted by Crippen LogP contribution is 2.51. The molecule has 0 bridgehead atoms. The molecule has 4 unspecified atom stereocenters. The highest BCUT2D eigenvalue weighted by molar-refractivity contribution is 5.96. The van der Waals surface area contributed by atoms with Crippen molar-refractivity contribution in [1.29, 1.82) is 0 Å². The van der Waals surface area contributed by atoms with Gasteiger partial charge in [0.15, 0.2) is 11.5 Å². The molecule has 0 aromatic heterocycles. The first kappa shape index (κ1) is 26.6. The fraction of sp³-hybridized carbons (Fsp3) is 0.407. The number of carbonyl (C=O) groups excluding carboxylic acids is 2. The minimum Gasteiger partial charge on any atom is -0.493 e. The highest BCUT2D eigenvalue weighted by atomic mass is 16.5. The average Bonchev–Trinajstić information content (AvgIpc) is 3.31. The van der Waals surface area contributed by atoms with Crippen LogP contribution in [0.15, 0.2) is 54.1 Å². The Kier molecular flexibility index (Phi) is 8.45. The van der Waals surface area contributed by atoms with E-state index < -0.39 is 30.1 Å². The highest BCUT2D eigenvalue weighted by Gasteiger charge is 2.51. The maximum atomic E-state index is 13.3. The number of rotatable bonds is 10. The summed E-state index contributed by atoms with van der Waals surface area (Å²) in [4.78, 5) is 28.0. The molecule has 2 aromatic rings. The van der Waals surface area contributed by atoms with E-state index in [1.807, 2.05) is 30.3 Å². The Morgan fingerprint density at radius 1 is 1.11 bits per heavy atom. The van der Waals surface area contributed by atoms with E-state index in [-0.39, 0.29) is 44.4 Å². The van der Waals surface area contributed by atoms with Gasteiger partial charge in [-0.2, -0.15) is 0 Å². The largest absolute Gasteiger partial charge is 0.493 e. The van der Waals surface area contributed by atoms with Gasteiger partial charge >= 0.3 is 0 Å². The van der Waals surface area contributed by atoms with Crippen LogP contribution in [0.2, 0.25) is 0 Å². The number of aliphatic hydroxyl groups excluding tert-OH is 3. The van der Waals surface area contributed by atoms with Crippen molar-refractivity contribution in [2.24, 2.45) is 0 Å². The number of hydrogen-bond donors (Lipinski definition) is 4. The average molecular weight is 513 g/mol. The number of fused-ring (bicyclic) bond motifs is 3. The molecule has 1 heterocycles. The Hall–Kier alpha value is -3.44. The van der Waals surface area contributed by atoms with Crippen molar-refractivity contribution in [3.63, 3.8) is 0 Å². The van der Waals surface area contributed by atoms with Crippen LogP contribution in [-0.4, -0.2) is 84.3 Å². The van der Waals surface area contributed by atoms with E-state index in [9.17, 15) is 24.9 Å². The van der Waals surface area contributed by atoms with Crippen LogP contribution in [0.3, 0.4) is 0 Å². The second-order valence-electron chi connectivity index (χ2n) is 8.96. The number of aliphatic hydroxyl groups is 3. The quantitative estimate of drug-likeness (QED) is 0.361. The summed E-state index contributed by atoms with van der Waals surface area (Å²) in [6.07, 6.45) is -0.513. The Bertz CT molecular complexity index is 1150. The molecule has 2 aromatic carbocycles. The van der Waals surface area contributed by atoms with E-state index in [1.54, 1.807) is 18.2 Å². The normalized spacial score (nSPS) is 21.8. The molecule has 1 aliphatic carbocycles. The van der Waals surface area contributed by atoms with Gasteiger partial charge in [0, 0.05) is 31.3 Å². The van der Waals surface area contributed by atoms with Crippen molar-refractivity contribution >= 4 is 11.8 Å². The molecule has 0 fully saturated rings. The van der Waals surface area contributed by atoms with Gasteiger partial charge in [-0.1, -0.05) is 30.3 Å². The third-order valence-electron chi connectivity index (χ3n) is 6.64. The molecule has 2 amide bonds. The first-order valence-corrected chi connectivity index (χ1v) is 12.0. The molecule has 10 heteroatoms. The Morgan fingerprint density at radius 2 is 1.86 bits per heavy atom. The monoisotopic (exact) mass is 512 g/mol. The molecule has 0 saturated carbocycles. The van der Waals surface area contributed by atoms with Crippen LogP contribution >= 0.6 is 0 Å². The predicted molar refractivity (Wildman–Crippen MR) is 133 cm³/mol. The maximum Gasteiger partial charge on any atom is 0.249 e. The van der Waals surface area contributed by atoms with Gasteiger partial charge in [-0.3, -0.25) is 9.59 Å². The van der Waals surface area contributed by atoms with Crippen molar-refractivity contribution in [2.75, 3.05) is 34.0 Å². The molecule has 4 rings (SSSR count). The first-order chi connectivity index (χ1) is 17.9. The van der Waals surface area contributed by atoms with E-state index in [0.29, 0.717) is 22.6 Å². The SMILES string of the molecule is COCC(=O)N(Cc1ccccc1)C1C=C(C(=O)NCCO)C2c3cc(CO)cc(OC)c3OC2C1O. The smallest absolute Gasteiger partial charge is 0.249 e. The Balaban J connectivity index is 1.81.